The molecule has 6 nitrogen and oxygen atoms in total. The van der Waals surface area contributed by atoms with Crippen molar-refractivity contribution in [2.24, 2.45) is 0 Å². The van der Waals surface area contributed by atoms with Crippen molar-refractivity contribution in [3.05, 3.63) is 58.9 Å². The van der Waals surface area contributed by atoms with Crippen LogP contribution in [0.5, 0.6) is 0 Å². The van der Waals surface area contributed by atoms with Crippen molar-refractivity contribution in [1.82, 2.24) is 9.88 Å². The third kappa shape index (κ3) is 3.84. The molecule has 1 amide bonds. The highest BCUT2D eigenvalue weighted by molar-refractivity contribution is 6.00. The number of rotatable bonds is 4. The third-order valence-electron chi connectivity index (χ3n) is 5.77. The van der Waals surface area contributed by atoms with E-state index in [9.17, 15) is 14.7 Å². The SMILES string of the molecule is Cc1ccnc(C2(O)CCN(CC(=O)c3ccc4c(c3)CCC(=O)N4)CC2)c1. The molecular formula is C22H25N3O3. The zero-order valence-electron chi connectivity index (χ0n) is 16.1. The Labute approximate surface area is 164 Å². The maximum atomic E-state index is 12.7. The number of aryl methyl sites for hydroxylation is 2. The van der Waals surface area contributed by atoms with Crippen LogP contribution in [0.25, 0.3) is 0 Å². The first-order valence-electron chi connectivity index (χ1n) is 9.77. The molecule has 0 aliphatic carbocycles. The number of piperidine rings is 1. The number of Topliss-reactive ketones (excluding diaryl/α,β-unsaturated/α-hetero) is 1. The van der Waals surface area contributed by atoms with Gasteiger partial charge in [-0.1, -0.05) is 0 Å². The molecule has 2 N–H and O–H groups in total. The topological polar surface area (TPSA) is 82.5 Å². The van der Waals surface area contributed by atoms with E-state index < -0.39 is 5.60 Å². The Kier molecular flexibility index (Phi) is 5.00. The fraction of sp³-hybridized carbons (Fsp3) is 0.409. The number of aromatic nitrogens is 1. The monoisotopic (exact) mass is 379 g/mol. The van der Waals surface area contributed by atoms with Gasteiger partial charge in [0.1, 0.15) is 5.60 Å². The van der Waals surface area contributed by atoms with E-state index in [-0.39, 0.29) is 11.7 Å². The van der Waals surface area contributed by atoms with E-state index in [0.717, 1.165) is 22.5 Å². The van der Waals surface area contributed by atoms with Crippen molar-refractivity contribution in [3.63, 3.8) is 0 Å². The minimum atomic E-state index is -0.921. The van der Waals surface area contributed by atoms with Gasteiger partial charge in [-0.15, -0.1) is 0 Å². The van der Waals surface area contributed by atoms with E-state index in [0.29, 0.717) is 50.9 Å². The fourth-order valence-electron chi connectivity index (χ4n) is 3.98. The van der Waals surface area contributed by atoms with Gasteiger partial charge in [0.25, 0.3) is 0 Å². The van der Waals surface area contributed by atoms with E-state index in [1.807, 2.05) is 31.2 Å². The number of anilines is 1. The highest BCUT2D eigenvalue weighted by Crippen LogP contribution is 2.32. The Bertz CT molecular complexity index is 917. The molecular weight excluding hydrogens is 354 g/mol. The molecule has 1 fully saturated rings. The highest BCUT2D eigenvalue weighted by Gasteiger charge is 2.35. The first kappa shape index (κ1) is 18.8. The van der Waals surface area contributed by atoms with Crippen molar-refractivity contribution >= 4 is 17.4 Å². The number of hydrogen-bond acceptors (Lipinski definition) is 5. The number of carbonyl (C=O) groups excluding carboxylic acids is 2. The molecule has 0 radical (unpaired) electrons. The Morgan fingerprint density at radius 1 is 1.21 bits per heavy atom. The number of carbonyl (C=O) groups is 2. The Hall–Kier alpha value is -2.57. The summed E-state index contributed by atoms with van der Waals surface area (Å²) in [6.45, 7) is 3.63. The van der Waals surface area contributed by atoms with Crippen LogP contribution < -0.4 is 5.32 Å². The maximum absolute atomic E-state index is 12.7. The van der Waals surface area contributed by atoms with Crippen LogP contribution in [0.1, 0.15) is 46.4 Å². The van der Waals surface area contributed by atoms with Crippen LogP contribution >= 0.6 is 0 Å². The zero-order valence-corrected chi connectivity index (χ0v) is 16.1. The molecule has 0 spiro atoms. The second-order valence-corrected chi connectivity index (χ2v) is 7.87. The van der Waals surface area contributed by atoms with Crippen molar-refractivity contribution in [3.8, 4) is 0 Å². The van der Waals surface area contributed by atoms with Crippen LogP contribution in [0.3, 0.4) is 0 Å². The van der Waals surface area contributed by atoms with E-state index in [1.54, 1.807) is 12.3 Å². The molecule has 0 saturated carbocycles. The summed E-state index contributed by atoms with van der Waals surface area (Å²) in [7, 11) is 0. The Morgan fingerprint density at radius 2 is 2.00 bits per heavy atom. The first-order chi connectivity index (χ1) is 13.4. The standard InChI is InChI=1S/C22H25N3O3/c1-15-6-9-23-20(12-15)22(28)7-10-25(11-8-22)14-19(26)17-2-4-18-16(13-17)3-5-21(27)24-18/h2,4,6,9,12-13,28H,3,5,7-8,10-11,14H2,1H3,(H,24,27). The molecule has 3 heterocycles. The van der Waals surface area contributed by atoms with Crippen molar-refractivity contribution in [2.75, 3.05) is 25.0 Å². The summed E-state index contributed by atoms with van der Waals surface area (Å²) in [5, 5.41) is 13.8. The molecule has 6 heteroatoms. The van der Waals surface area contributed by atoms with Crippen LogP contribution in [0, 0.1) is 6.92 Å². The van der Waals surface area contributed by atoms with E-state index >= 15 is 0 Å². The van der Waals surface area contributed by atoms with Crippen molar-refractivity contribution in [2.45, 2.75) is 38.2 Å². The number of aliphatic hydroxyl groups is 1. The van der Waals surface area contributed by atoms with Gasteiger partial charge in [-0.2, -0.15) is 0 Å². The molecule has 4 rings (SSSR count). The highest BCUT2D eigenvalue weighted by atomic mass is 16.3. The molecule has 2 aliphatic rings. The smallest absolute Gasteiger partial charge is 0.224 e. The van der Waals surface area contributed by atoms with E-state index in [1.165, 1.54) is 0 Å². The van der Waals surface area contributed by atoms with Crippen LogP contribution in [0.4, 0.5) is 5.69 Å². The minimum absolute atomic E-state index is 0.0236. The van der Waals surface area contributed by atoms with Gasteiger partial charge in [-0.05, 0) is 67.6 Å². The Balaban J connectivity index is 1.38. The number of ketones is 1. The summed E-state index contributed by atoms with van der Waals surface area (Å²) in [4.78, 5) is 30.6. The zero-order chi connectivity index (χ0) is 19.7. The largest absolute Gasteiger partial charge is 0.383 e. The van der Waals surface area contributed by atoms with Crippen LogP contribution in [0.2, 0.25) is 0 Å². The van der Waals surface area contributed by atoms with Crippen LogP contribution in [-0.2, 0) is 16.8 Å². The lowest BCUT2D eigenvalue weighted by Crippen LogP contribution is -2.44. The van der Waals surface area contributed by atoms with Crippen LogP contribution in [-0.4, -0.2) is 46.3 Å². The molecule has 2 aliphatic heterocycles. The average molecular weight is 379 g/mol. The molecule has 146 valence electrons. The normalized spacial score (nSPS) is 19.0. The molecule has 0 unspecified atom stereocenters. The molecule has 1 aromatic carbocycles. The predicted octanol–water partition coefficient (Wildman–Crippen LogP) is 2.44. The lowest BCUT2D eigenvalue weighted by Gasteiger charge is -2.37. The van der Waals surface area contributed by atoms with E-state index in [4.69, 9.17) is 0 Å². The van der Waals surface area contributed by atoms with Gasteiger partial charge < -0.3 is 10.4 Å². The van der Waals surface area contributed by atoms with Gasteiger partial charge in [-0.25, -0.2) is 0 Å². The van der Waals surface area contributed by atoms with Gasteiger partial charge in [0.2, 0.25) is 5.91 Å². The fourth-order valence-corrected chi connectivity index (χ4v) is 3.98. The quantitative estimate of drug-likeness (QED) is 0.798. The number of fused-ring (bicyclic) bond motifs is 1. The summed E-state index contributed by atoms with van der Waals surface area (Å²) in [6, 6.07) is 9.35. The number of amides is 1. The maximum Gasteiger partial charge on any atom is 0.224 e. The number of likely N-dealkylation sites (tertiary alicyclic amines) is 1. The number of nitrogens with zero attached hydrogens (tertiary/aromatic N) is 2. The molecule has 1 aromatic heterocycles. The summed E-state index contributed by atoms with van der Waals surface area (Å²) in [5.74, 6) is 0.0919. The van der Waals surface area contributed by atoms with Crippen molar-refractivity contribution < 1.29 is 14.7 Å². The summed E-state index contributed by atoms with van der Waals surface area (Å²) < 4.78 is 0. The number of nitrogens with one attached hydrogen (secondary N) is 1. The Morgan fingerprint density at radius 3 is 2.75 bits per heavy atom. The second-order valence-electron chi connectivity index (χ2n) is 7.87. The molecule has 1 saturated heterocycles. The lowest BCUT2D eigenvalue weighted by molar-refractivity contribution is -0.116. The third-order valence-corrected chi connectivity index (χ3v) is 5.77. The molecule has 0 bridgehead atoms. The summed E-state index contributed by atoms with van der Waals surface area (Å²) >= 11 is 0. The number of pyridine rings is 1. The molecule has 0 atom stereocenters. The second kappa shape index (κ2) is 7.45. The van der Waals surface area contributed by atoms with Gasteiger partial charge in [0.05, 0.1) is 12.2 Å². The number of benzene rings is 1. The summed E-state index contributed by atoms with van der Waals surface area (Å²) in [6.07, 6.45) is 3.99. The first-order valence-corrected chi connectivity index (χ1v) is 9.77. The number of hydrogen-bond donors (Lipinski definition) is 2. The average Bonchev–Trinajstić information content (AvgIpc) is 2.69. The van der Waals surface area contributed by atoms with Gasteiger partial charge >= 0.3 is 0 Å². The van der Waals surface area contributed by atoms with Crippen LogP contribution in [0.15, 0.2) is 36.5 Å². The van der Waals surface area contributed by atoms with Gasteiger partial charge in [0, 0.05) is 37.0 Å². The van der Waals surface area contributed by atoms with Crippen molar-refractivity contribution in [1.29, 1.82) is 0 Å². The molecule has 2 aromatic rings. The van der Waals surface area contributed by atoms with Gasteiger partial charge in [0.15, 0.2) is 5.78 Å². The molecule has 28 heavy (non-hydrogen) atoms. The minimum Gasteiger partial charge on any atom is -0.383 e. The van der Waals surface area contributed by atoms with E-state index in [2.05, 4.69) is 15.2 Å². The lowest BCUT2D eigenvalue weighted by atomic mass is 9.87. The van der Waals surface area contributed by atoms with Gasteiger partial charge in [-0.3, -0.25) is 19.5 Å². The summed E-state index contributed by atoms with van der Waals surface area (Å²) in [5.41, 5.74) is 3.38. The predicted molar refractivity (Wildman–Crippen MR) is 106 cm³/mol.